The van der Waals surface area contributed by atoms with Crippen LogP contribution in [0.1, 0.15) is 26.7 Å². The smallest absolute Gasteiger partial charge is 0.0699 e. The Kier molecular flexibility index (Phi) is 5.14. The highest BCUT2D eigenvalue weighted by Crippen LogP contribution is 2.29. The normalized spacial score (nSPS) is 27.8. The largest absolute Gasteiger partial charge is 0.376 e. The number of hydrogen-bond donors (Lipinski definition) is 1. The Hall–Kier alpha value is 0.210. The van der Waals surface area contributed by atoms with Crippen LogP contribution in [-0.4, -0.2) is 26.3 Å². The molecule has 1 fully saturated rings. The predicted octanol–water partition coefficient (Wildman–Crippen LogP) is 1.83. The lowest BCUT2D eigenvalue weighted by atomic mass is 9.85. The molecule has 1 heterocycles. The highest BCUT2D eigenvalue weighted by atomic mass is 35.5. The van der Waals surface area contributed by atoms with Crippen molar-refractivity contribution in [1.82, 2.24) is 5.32 Å². The van der Waals surface area contributed by atoms with Crippen molar-refractivity contribution in [1.29, 1.82) is 0 Å². The summed E-state index contributed by atoms with van der Waals surface area (Å²) in [6.07, 6.45) is 2.95. The molecule has 3 heteroatoms. The zero-order valence-corrected chi connectivity index (χ0v) is 9.04. The molecule has 0 amide bonds. The summed E-state index contributed by atoms with van der Waals surface area (Å²) in [5, 5.41) is 3.14. The summed E-state index contributed by atoms with van der Waals surface area (Å²) >= 11 is 0. The van der Waals surface area contributed by atoms with E-state index in [1.54, 1.807) is 0 Å². The van der Waals surface area contributed by atoms with Crippen LogP contribution in [0.15, 0.2) is 0 Å². The Bertz CT molecular complexity index is 118. The van der Waals surface area contributed by atoms with Crippen LogP contribution in [0.2, 0.25) is 0 Å². The molecule has 0 unspecified atom stereocenters. The highest BCUT2D eigenvalue weighted by Gasteiger charge is 2.26. The first-order valence-corrected chi connectivity index (χ1v) is 4.40. The Balaban J connectivity index is 0.00000121. The number of likely N-dealkylation sites (N-methyl/N-ethyl adjacent to an activating group) is 1. The third kappa shape index (κ3) is 3.74. The van der Waals surface area contributed by atoms with Crippen LogP contribution in [0.3, 0.4) is 0 Å². The van der Waals surface area contributed by atoms with Crippen LogP contribution in [0, 0.1) is 5.41 Å². The lowest BCUT2D eigenvalue weighted by Gasteiger charge is -2.34. The molecule has 0 aromatic carbocycles. The first kappa shape index (κ1) is 12.2. The minimum atomic E-state index is 0. The molecule has 1 aliphatic heterocycles. The summed E-state index contributed by atoms with van der Waals surface area (Å²) in [7, 11) is 1.98. The number of hydrogen-bond acceptors (Lipinski definition) is 2. The van der Waals surface area contributed by atoms with Gasteiger partial charge in [-0.2, -0.15) is 0 Å². The molecular formula is C9H20ClNO. The minimum absolute atomic E-state index is 0. The van der Waals surface area contributed by atoms with E-state index in [9.17, 15) is 0 Å². The Morgan fingerprint density at radius 2 is 2.17 bits per heavy atom. The van der Waals surface area contributed by atoms with E-state index in [-0.39, 0.29) is 12.4 Å². The van der Waals surface area contributed by atoms with Gasteiger partial charge in [-0.25, -0.2) is 0 Å². The van der Waals surface area contributed by atoms with Crippen LogP contribution in [0.5, 0.6) is 0 Å². The molecule has 1 aliphatic rings. The molecule has 0 aliphatic carbocycles. The topological polar surface area (TPSA) is 21.3 Å². The third-order valence-electron chi connectivity index (χ3n) is 2.28. The first-order valence-electron chi connectivity index (χ1n) is 4.40. The fraction of sp³-hybridized carbons (Fsp3) is 1.00. The second-order valence-electron chi connectivity index (χ2n) is 4.19. The van der Waals surface area contributed by atoms with E-state index in [2.05, 4.69) is 19.2 Å². The molecule has 1 N–H and O–H groups in total. The zero-order chi connectivity index (χ0) is 8.32. The van der Waals surface area contributed by atoms with E-state index >= 15 is 0 Å². The lowest BCUT2D eigenvalue weighted by molar-refractivity contribution is -0.0459. The second kappa shape index (κ2) is 5.05. The van der Waals surface area contributed by atoms with E-state index in [0.29, 0.717) is 11.5 Å². The molecule has 0 aromatic heterocycles. The molecule has 0 aromatic rings. The van der Waals surface area contributed by atoms with Gasteiger partial charge in [-0.1, -0.05) is 13.8 Å². The van der Waals surface area contributed by atoms with Crippen LogP contribution in [0.25, 0.3) is 0 Å². The number of halogens is 1. The van der Waals surface area contributed by atoms with Crippen LogP contribution >= 0.6 is 12.4 Å². The van der Waals surface area contributed by atoms with Crippen molar-refractivity contribution in [3.63, 3.8) is 0 Å². The van der Waals surface area contributed by atoms with Gasteiger partial charge in [-0.3, -0.25) is 0 Å². The van der Waals surface area contributed by atoms with Crippen molar-refractivity contribution in [3.8, 4) is 0 Å². The average molecular weight is 194 g/mol. The van der Waals surface area contributed by atoms with Crippen LogP contribution in [-0.2, 0) is 4.74 Å². The lowest BCUT2D eigenvalue weighted by Crippen LogP contribution is -2.36. The molecule has 2 nitrogen and oxygen atoms in total. The van der Waals surface area contributed by atoms with E-state index < -0.39 is 0 Å². The van der Waals surface area contributed by atoms with Gasteiger partial charge in [-0.05, 0) is 25.3 Å². The number of rotatable bonds is 2. The predicted molar refractivity (Wildman–Crippen MR) is 53.9 cm³/mol. The number of ether oxygens (including phenoxy) is 1. The van der Waals surface area contributed by atoms with Gasteiger partial charge < -0.3 is 10.1 Å². The fourth-order valence-corrected chi connectivity index (χ4v) is 1.44. The Morgan fingerprint density at radius 1 is 1.50 bits per heavy atom. The summed E-state index contributed by atoms with van der Waals surface area (Å²) in [5.74, 6) is 0. The molecule has 12 heavy (non-hydrogen) atoms. The molecule has 0 saturated carbocycles. The van der Waals surface area contributed by atoms with Crippen molar-refractivity contribution in [2.45, 2.75) is 32.8 Å². The van der Waals surface area contributed by atoms with Crippen molar-refractivity contribution in [3.05, 3.63) is 0 Å². The molecule has 1 saturated heterocycles. The summed E-state index contributed by atoms with van der Waals surface area (Å²) in [4.78, 5) is 0. The summed E-state index contributed by atoms with van der Waals surface area (Å²) in [6.45, 7) is 6.45. The number of nitrogens with one attached hydrogen (secondary N) is 1. The van der Waals surface area contributed by atoms with Crippen molar-refractivity contribution in [2.24, 2.45) is 5.41 Å². The maximum absolute atomic E-state index is 5.67. The van der Waals surface area contributed by atoms with E-state index in [0.717, 1.165) is 13.2 Å². The first-order chi connectivity index (χ1) is 5.14. The SMILES string of the molecule is CNC[C@H]1CCC(C)(C)CO1.Cl. The molecule has 1 atom stereocenters. The second-order valence-corrected chi connectivity index (χ2v) is 4.19. The standard InChI is InChI=1S/C9H19NO.ClH/c1-9(2)5-4-8(6-10-3)11-7-9;/h8,10H,4-7H2,1-3H3;1H/t8-;/m1./s1. The quantitative estimate of drug-likeness (QED) is 0.723. The van der Waals surface area contributed by atoms with E-state index in [1.165, 1.54) is 12.8 Å². The Morgan fingerprint density at radius 3 is 2.58 bits per heavy atom. The van der Waals surface area contributed by atoms with E-state index in [4.69, 9.17) is 4.74 Å². The summed E-state index contributed by atoms with van der Waals surface area (Å²) in [5.41, 5.74) is 0.407. The fourth-order valence-electron chi connectivity index (χ4n) is 1.44. The van der Waals surface area contributed by atoms with Crippen LogP contribution in [0.4, 0.5) is 0 Å². The van der Waals surface area contributed by atoms with Gasteiger partial charge >= 0.3 is 0 Å². The Labute approximate surface area is 81.5 Å². The van der Waals surface area contributed by atoms with Gasteiger partial charge in [0.05, 0.1) is 12.7 Å². The van der Waals surface area contributed by atoms with E-state index in [1.807, 2.05) is 7.05 Å². The van der Waals surface area contributed by atoms with Crippen molar-refractivity contribution < 1.29 is 4.74 Å². The molecule has 0 bridgehead atoms. The minimum Gasteiger partial charge on any atom is -0.376 e. The molecule has 74 valence electrons. The van der Waals surface area contributed by atoms with Gasteiger partial charge in [0.25, 0.3) is 0 Å². The van der Waals surface area contributed by atoms with Gasteiger partial charge in [0.15, 0.2) is 0 Å². The maximum Gasteiger partial charge on any atom is 0.0699 e. The zero-order valence-electron chi connectivity index (χ0n) is 8.22. The van der Waals surface area contributed by atoms with Gasteiger partial charge in [0, 0.05) is 6.54 Å². The van der Waals surface area contributed by atoms with Crippen molar-refractivity contribution in [2.75, 3.05) is 20.2 Å². The molecule has 0 spiro atoms. The van der Waals surface area contributed by atoms with Gasteiger partial charge in [0.1, 0.15) is 0 Å². The third-order valence-corrected chi connectivity index (χ3v) is 2.28. The van der Waals surface area contributed by atoms with Crippen LogP contribution < -0.4 is 5.32 Å². The summed E-state index contributed by atoms with van der Waals surface area (Å²) < 4.78 is 5.67. The molecular weight excluding hydrogens is 174 g/mol. The highest BCUT2D eigenvalue weighted by molar-refractivity contribution is 5.85. The average Bonchev–Trinajstić information content (AvgIpc) is 1.94. The van der Waals surface area contributed by atoms with Gasteiger partial charge in [0.2, 0.25) is 0 Å². The molecule has 0 radical (unpaired) electrons. The maximum atomic E-state index is 5.67. The van der Waals surface area contributed by atoms with Crippen molar-refractivity contribution >= 4 is 12.4 Å². The monoisotopic (exact) mass is 193 g/mol. The molecule has 1 rings (SSSR count). The summed E-state index contributed by atoms with van der Waals surface area (Å²) in [6, 6.07) is 0. The van der Waals surface area contributed by atoms with Gasteiger partial charge in [-0.15, -0.1) is 12.4 Å².